The second-order valence-corrected chi connectivity index (χ2v) is 5.46. The number of rotatable bonds is 3. The lowest BCUT2D eigenvalue weighted by Crippen LogP contribution is -2.49. The average Bonchev–Trinajstić information content (AvgIpc) is 2.62. The minimum Gasteiger partial charge on any atom is -0.469 e. The molecule has 1 N–H and O–H groups in total. The van der Waals surface area contributed by atoms with Crippen LogP contribution in [0.4, 0.5) is 0 Å². The van der Waals surface area contributed by atoms with Crippen LogP contribution in [-0.2, 0) is 14.3 Å². The molecule has 1 heterocycles. The zero-order valence-corrected chi connectivity index (χ0v) is 11.7. The predicted molar refractivity (Wildman–Crippen MR) is 71.6 cm³/mol. The Morgan fingerprint density at radius 3 is 2.74 bits per heavy atom. The number of ether oxygens (including phenoxy) is 1. The van der Waals surface area contributed by atoms with Gasteiger partial charge in [-0.25, -0.2) is 0 Å². The number of nitrogens with one attached hydrogen (secondary N) is 1. The standard InChI is InChI=1S/C14H24N2O3/c1-19-13(17)10-12-14(18)16(9-5-8-15-12)11-6-3-2-4-7-11/h11-12,15H,2-10H2,1H3. The summed E-state index contributed by atoms with van der Waals surface area (Å²) in [7, 11) is 1.36. The van der Waals surface area contributed by atoms with Crippen LogP contribution in [0, 0.1) is 0 Å². The Bertz CT molecular complexity index is 327. The maximum Gasteiger partial charge on any atom is 0.307 e. The minimum absolute atomic E-state index is 0.0785. The first kappa shape index (κ1) is 14.3. The maximum absolute atomic E-state index is 12.6. The van der Waals surface area contributed by atoms with Gasteiger partial charge in [-0.2, -0.15) is 0 Å². The second kappa shape index (κ2) is 6.89. The molecular formula is C14H24N2O3. The molecule has 108 valence electrons. The smallest absolute Gasteiger partial charge is 0.307 e. The molecule has 2 aliphatic rings. The zero-order chi connectivity index (χ0) is 13.7. The Kier molecular flexibility index (Phi) is 5.19. The Balaban J connectivity index is 2.01. The van der Waals surface area contributed by atoms with Crippen molar-refractivity contribution in [2.75, 3.05) is 20.2 Å². The van der Waals surface area contributed by atoms with Gasteiger partial charge in [0.25, 0.3) is 0 Å². The van der Waals surface area contributed by atoms with E-state index in [0.717, 1.165) is 32.4 Å². The third-order valence-corrected chi connectivity index (χ3v) is 4.16. The summed E-state index contributed by atoms with van der Waals surface area (Å²) in [6, 6.07) is -0.0295. The quantitative estimate of drug-likeness (QED) is 0.778. The Labute approximate surface area is 114 Å². The Morgan fingerprint density at radius 1 is 1.32 bits per heavy atom. The van der Waals surface area contributed by atoms with Crippen molar-refractivity contribution < 1.29 is 14.3 Å². The molecule has 1 unspecified atom stereocenters. The summed E-state index contributed by atoms with van der Waals surface area (Å²) in [6.07, 6.45) is 7.02. The van der Waals surface area contributed by atoms with Crippen LogP contribution < -0.4 is 5.32 Å². The van der Waals surface area contributed by atoms with E-state index in [1.807, 2.05) is 4.90 Å². The van der Waals surface area contributed by atoms with Crippen LogP contribution in [-0.4, -0.2) is 49.1 Å². The van der Waals surface area contributed by atoms with E-state index in [1.54, 1.807) is 0 Å². The number of esters is 1. The third kappa shape index (κ3) is 3.69. The highest BCUT2D eigenvalue weighted by Gasteiger charge is 2.33. The van der Waals surface area contributed by atoms with Gasteiger partial charge < -0.3 is 15.0 Å². The van der Waals surface area contributed by atoms with Crippen molar-refractivity contribution in [3.63, 3.8) is 0 Å². The summed E-state index contributed by atoms with van der Waals surface area (Å²) in [6.45, 7) is 1.60. The molecule has 1 aliphatic heterocycles. The summed E-state index contributed by atoms with van der Waals surface area (Å²) < 4.78 is 4.67. The normalized spacial score (nSPS) is 26.1. The van der Waals surface area contributed by atoms with Gasteiger partial charge in [0.05, 0.1) is 19.6 Å². The molecule has 1 aliphatic carbocycles. The van der Waals surface area contributed by atoms with E-state index in [1.165, 1.54) is 26.4 Å². The topological polar surface area (TPSA) is 58.6 Å². The number of hydrogen-bond donors (Lipinski definition) is 1. The van der Waals surface area contributed by atoms with Crippen molar-refractivity contribution in [1.82, 2.24) is 10.2 Å². The van der Waals surface area contributed by atoms with Crippen LogP contribution >= 0.6 is 0 Å². The van der Waals surface area contributed by atoms with Gasteiger partial charge in [0.2, 0.25) is 5.91 Å². The number of carbonyl (C=O) groups excluding carboxylic acids is 2. The van der Waals surface area contributed by atoms with Crippen molar-refractivity contribution in [3.05, 3.63) is 0 Å². The largest absolute Gasteiger partial charge is 0.469 e. The van der Waals surface area contributed by atoms with E-state index < -0.39 is 6.04 Å². The number of amides is 1. The van der Waals surface area contributed by atoms with E-state index in [0.29, 0.717) is 6.04 Å². The molecule has 1 atom stereocenters. The van der Waals surface area contributed by atoms with Gasteiger partial charge in [-0.1, -0.05) is 19.3 Å². The molecule has 5 nitrogen and oxygen atoms in total. The second-order valence-electron chi connectivity index (χ2n) is 5.46. The lowest BCUT2D eigenvalue weighted by Gasteiger charge is -2.34. The van der Waals surface area contributed by atoms with Gasteiger partial charge in [0.1, 0.15) is 0 Å². The van der Waals surface area contributed by atoms with E-state index in [2.05, 4.69) is 10.1 Å². The van der Waals surface area contributed by atoms with Crippen molar-refractivity contribution in [2.24, 2.45) is 0 Å². The first-order chi connectivity index (χ1) is 9.22. The molecule has 0 aromatic heterocycles. The average molecular weight is 268 g/mol. The van der Waals surface area contributed by atoms with Crippen molar-refractivity contribution in [2.45, 2.75) is 57.0 Å². The van der Waals surface area contributed by atoms with Gasteiger partial charge in [-0.15, -0.1) is 0 Å². The SMILES string of the molecule is COC(=O)CC1NCCCN(C2CCCCC2)C1=O. The van der Waals surface area contributed by atoms with E-state index in [4.69, 9.17) is 0 Å². The van der Waals surface area contributed by atoms with Crippen molar-refractivity contribution >= 4 is 11.9 Å². The maximum atomic E-state index is 12.6. The molecule has 5 heteroatoms. The highest BCUT2D eigenvalue weighted by Crippen LogP contribution is 2.24. The summed E-state index contributed by atoms with van der Waals surface area (Å²) >= 11 is 0. The number of methoxy groups -OCH3 is 1. The highest BCUT2D eigenvalue weighted by atomic mass is 16.5. The molecule has 2 fully saturated rings. The molecule has 0 aromatic rings. The lowest BCUT2D eigenvalue weighted by molar-refractivity contribution is -0.145. The molecule has 1 amide bonds. The minimum atomic E-state index is -0.406. The summed E-state index contributed by atoms with van der Waals surface area (Å²) in [5.74, 6) is -0.244. The molecule has 0 aromatic carbocycles. The molecule has 19 heavy (non-hydrogen) atoms. The van der Waals surface area contributed by atoms with Crippen molar-refractivity contribution in [1.29, 1.82) is 0 Å². The van der Waals surface area contributed by atoms with Gasteiger partial charge in [0, 0.05) is 12.6 Å². The first-order valence-corrected chi connectivity index (χ1v) is 7.33. The monoisotopic (exact) mass is 268 g/mol. The van der Waals surface area contributed by atoms with E-state index >= 15 is 0 Å². The van der Waals surface area contributed by atoms with Crippen molar-refractivity contribution in [3.8, 4) is 0 Å². The van der Waals surface area contributed by atoms with Gasteiger partial charge in [-0.05, 0) is 25.8 Å². The van der Waals surface area contributed by atoms with Gasteiger partial charge in [-0.3, -0.25) is 9.59 Å². The highest BCUT2D eigenvalue weighted by molar-refractivity contribution is 5.87. The Morgan fingerprint density at radius 2 is 2.05 bits per heavy atom. The van der Waals surface area contributed by atoms with E-state index in [-0.39, 0.29) is 18.3 Å². The molecule has 0 bridgehead atoms. The number of nitrogens with zero attached hydrogens (tertiary/aromatic N) is 1. The fourth-order valence-electron chi connectivity index (χ4n) is 3.09. The van der Waals surface area contributed by atoms with Crippen LogP contribution in [0.1, 0.15) is 44.9 Å². The summed E-state index contributed by atoms with van der Waals surface area (Å²) in [5, 5.41) is 3.17. The zero-order valence-electron chi connectivity index (χ0n) is 11.7. The fraction of sp³-hybridized carbons (Fsp3) is 0.857. The first-order valence-electron chi connectivity index (χ1n) is 7.33. The Hall–Kier alpha value is -1.10. The van der Waals surface area contributed by atoms with Crippen LogP contribution in [0.5, 0.6) is 0 Å². The molecule has 1 saturated heterocycles. The van der Waals surface area contributed by atoms with Crippen LogP contribution in [0.15, 0.2) is 0 Å². The molecular weight excluding hydrogens is 244 g/mol. The van der Waals surface area contributed by atoms with Gasteiger partial charge >= 0.3 is 5.97 Å². The molecule has 1 saturated carbocycles. The predicted octanol–water partition coefficient (Wildman–Crippen LogP) is 1.07. The number of carbonyl (C=O) groups is 2. The lowest BCUT2D eigenvalue weighted by atomic mass is 9.93. The molecule has 0 spiro atoms. The van der Waals surface area contributed by atoms with Crippen LogP contribution in [0.25, 0.3) is 0 Å². The van der Waals surface area contributed by atoms with Crippen LogP contribution in [0.3, 0.4) is 0 Å². The molecule has 2 rings (SSSR count). The molecule has 0 radical (unpaired) electrons. The third-order valence-electron chi connectivity index (χ3n) is 4.16. The van der Waals surface area contributed by atoms with Gasteiger partial charge in [0.15, 0.2) is 0 Å². The number of hydrogen-bond acceptors (Lipinski definition) is 4. The summed E-state index contributed by atoms with van der Waals surface area (Å²) in [5.41, 5.74) is 0. The van der Waals surface area contributed by atoms with E-state index in [9.17, 15) is 9.59 Å². The summed E-state index contributed by atoms with van der Waals surface area (Å²) in [4.78, 5) is 25.9. The van der Waals surface area contributed by atoms with Crippen LogP contribution in [0.2, 0.25) is 0 Å². The fourth-order valence-corrected chi connectivity index (χ4v) is 3.09.